The average Bonchev–Trinajstić information content (AvgIpc) is 2.80. The number of aryl methyl sites for hydroxylation is 2. The van der Waals surface area contributed by atoms with E-state index in [0.717, 1.165) is 15.9 Å². The van der Waals surface area contributed by atoms with Crippen LogP contribution >= 0.6 is 15.9 Å². The van der Waals surface area contributed by atoms with Gasteiger partial charge in [-0.15, -0.1) is 5.10 Å². The molecule has 0 aliphatic rings. The first kappa shape index (κ1) is 11.0. The van der Waals surface area contributed by atoms with Crippen molar-refractivity contribution in [3.8, 4) is 0 Å². The second kappa shape index (κ2) is 4.17. The standard InChI is InChI=1S/C9H10BrN5O/c1-6-9(10)8(14(2)12-6)4-15-3-7(5-16)11-13-15/h3,5H,4H2,1-2H3. The fourth-order valence-corrected chi connectivity index (χ4v) is 1.91. The van der Waals surface area contributed by atoms with Crippen LogP contribution in [0.3, 0.4) is 0 Å². The van der Waals surface area contributed by atoms with E-state index in [1.807, 2.05) is 14.0 Å². The monoisotopic (exact) mass is 283 g/mol. The maximum absolute atomic E-state index is 10.5. The number of hydrogen-bond donors (Lipinski definition) is 0. The zero-order valence-corrected chi connectivity index (χ0v) is 10.5. The lowest BCUT2D eigenvalue weighted by molar-refractivity contribution is 0.111. The van der Waals surface area contributed by atoms with Crippen molar-refractivity contribution in [3.63, 3.8) is 0 Å². The van der Waals surface area contributed by atoms with Gasteiger partial charge in [-0.2, -0.15) is 5.10 Å². The summed E-state index contributed by atoms with van der Waals surface area (Å²) < 4.78 is 4.34. The molecule has 0 radical (unpaired) electrons. The first-order valence-electron chi connectivity index (χ1n) is 4.65. The van der Waals surface area contributed by atoms with Gasteiger partial charge in [-0.05, 0) is 22.9 Å². The minimum Gasteiger partial charge on any atom is -0.296 e. The number of aldehydes is 1. The third-order valence-electron chi connectivity index (χ3n) is 2.25. The van der Waals surface area contributed by atoms with Crippen LogP contribution in [0.25, 0.3) is 0 Å². The quantitative estimate of drug-likeness (QED) is 0.787. The van der Waals surface area contributed by atoms with E-state index < -0.39 is 0 Å². The highest BCUT2D eigenvalue weighted by Gasteiger charge is 2.11. The fraction of sp³-hybridized carbons (Fsp3) is 0.333. The molecule has 0 atom stereocenters. The Morgan fingerprint density at radius 1 is 1.56 bits per heavy atom. The van der Waals surface area contributed by atoms with Crippen LogP contribution in [0.15, 0.2) is 10.7 Å². The van der Waals surface area contributed by atoms with Crippen molar-refractivity contribution in [2.75, 3.05) is 0 Å². The molecule has 16 heavy (non-hydrogen) atoms. The predicted molar refractivity (Wildman–Crippen MR) is 60.2 cm³/mol. The molecule has 0 aromatic carbocycles. The Morgan fingerprint density at radius 2 is 2.31 bits per heavy atom. The van der Waals surface area contributed by atoms with E-state index in [9.17, 15) is 4.79 Å². The molecule has 0 amide bonds. The Kier molecular flexibility index (Phi) is 2.86. The van der Waals surface area contributed by atoms with Crippen molar-refractivity contribution < 1.29 is 4.79 Å². The maximum atomic E-state index is 10.5. The van der Waals surface area contributed by atoms with Gasteiger partial charge in [-0.1, -0.05) is 5.21 Å². The SMILES string of the molecule is Cc1nn(C)c(Cn2cc(C=O)nn2)c1Br. The molecule has 0 unspecified atom stereocenters. The van der Waals surface area contributed by atoms with Gasteiger partial charge in [0.25, 0.3) is 0 Å². The summed E-state index contributed by atoms with van der Waals surface area (Å²) in [5.41, 5.74) is 2.24. The highest BCUT2D eigenvalue weighted by Crippen LogP contribution is 2.20. The smallest absolute Gasteiger partial charge is 0.171 e. The molecule has 6 nitrogen and oxygen atoms in total. The number of aromatic nitrogens is 5. The maximum Gasteiger partial charge on any atom is 0.171 e. The first-order valence-corrected chi connectivity index (χ1v) is 5.44. The molecule has 84 valence electrons. The summed E-state index contributed by atoms with van der Waals surface area (Å²) in [7, 11) is 1.87. The number of carbonyl (C=O) groups is 1. The summed E-state index contributed by atoms with van der Waals surface area (Å²) in [6.45, 7) is 2.45. The normalized spacial score (nSPS) is 10.7. The van der Waals surface area contributed by atoms with Gasteiger partial charge in [0.2, 0.25) is 0 Å². The molecule has 0 spiro atoms. The van der Waals surface area contributed by atoms with Crippen molar-refractivity contribution in [1.29, 1.82) is 0 Å². The van der Waals surface area contributed by atoms with Gasteiger partial charge in [0, 0.05) is 7.05 Å². The van der Waals surface area contributed by atoms with Crippen LogP contribution in [-0.2, 0) is 13.6 Å². The van der Waals surface area contributed by atoms with Gasteiger partial charge in [-0.3, -0.25) is 9.48 Å². The van der Waals surface area contributed by atoms with Gasteiger partial charge in [-0.25, -0.2) is 4.68 Å². The van der Waals surface area contributed by atoms with Crippen LogP contribution in [0.2, 0.25) is 0 Å². The summed E-state index contributed by atoms with van der Waals surface area (Å²) in [5, 5.41) is 11.8. The lowest BCUT2D eigenvalue weighted by Gasteiger charge is -2.01. The summed E-state index contributed by atoms with van der Waals surface area (Å²) in [5.74, 6) is 0. The second-order valence-electron chi connectivity index (χ2n) is 3.43. The Morgan fingerprint density at radius 3 is 2.81 bits per heavy atom. The molecule has 2 aromatic rings. The van der Waals surface area contributed by atoms with E-state index in [4.69, 9.17) is 0 Å². The Labute approximate surface area is 100 Å². The summed E-state index contributed by atoms with van der Waals surface area (Å²) in [4.78, 5) is 10.5. The lowest BCUT2D eigenvalue weighted by Crippen LogP contribution is -2.06. The van der Waals surface area contributed by atoms with Crippen molar-refractivity contribution in [3.05, 3.63) is 27.8 Å². The predicted octanol–water partition coefficient (Wildman–Crippen LogP) is 0.943. The Balaban J connectivity index is 2.29. The van der Waals surface area contributed by atoms with Crippen molar-refractivity contribution in [1.82, 2.24) is 24.8 Å². The largest absolute Gasteiger partial charge is 0.296 e. The van der Waals surface area contributed by atoms with Gasteiger partial charge >= 0.3 is 0 Å². The van der Waals surface area contributed by atoms with Crippen molar-refractivity contribution in [2.24, 2.45) is 7.05 Å². The van der Waals surface area contributed by atoms with E-state index in [0.29, 0.717) is 18.5 Å². The lowest BCUT2D eigenvalue weighted by atomic mass is 10.3. The highest BCUT2D eigenvalue weighted by molar-refractivity contribution is 9.10. The van der Waals surface area contributed by atoms with Gasteiger partial charge in [0.1, 0.15) is 5.69 Å². The number of carbonyl (C=O) groups excluding carboxylic acids is 1. The molecule has 0 aliphatic carbocycles. The summed E-state index contributed by atoms with van der Waals surface area (Å²) in [6, 6.07) is 0. The highest BCUT2D eigenvalue weighted by atomic mass is 79.9. The molecule has 7 heteroatoms. The van der Waals surface area contributed by atoms with Crippen LogP contribution in [0, 0.1) is 6.92 Å². The topological polar surface area (TPSA) is 65.6 Å². The van der Waals surface area contributed by atoms with Crippen LogP contribution in [0.4, 0.5) is 0 Å². The van der Waals surface area contributed by atoms with E-state index >= 15 is 0 Å². The number of nitrogens with zero attached hydrogens (tertiary/aromatic N) is 5. The van der Waals surface area contributed by atoms with E-state index in [-0.39, 0.29) is 0 Å². The third kappa shape index (κ3) is 1.90. The van der Waals surface area contributed by atoms with Crippen LogP contribution in [0.1, 0.15) is 21.9 Å². The molecular weight excluding hydrogens is 274 g/mol. The van der Waals surface area contributed by atoms with Crippen molar-refractivity contribution >= 4 is 22.2 Å². The minimum absolute atomic E-state index is 0.329. The van der Waals surface area contributed by atoms with Crippen LogP contribution in [0.5, 0.6) is 0 Å². The zero-order valence-electron chi connectivity index (χ0n) is 8.88. The molecule has 0 aliphatic heterocycles. The number of halogens is 1. The molecule has 2 aromatic heterocycles. The fourth-order valence-electron chi connectivity index (χ4n) is 1.45. The molecule has 0 N–H and O–H groups in total. The average molecular weight is 284 g/mol. The van der Waals surface area contributed by atoms with Crippen LogP contribution < -0.4 is 0 Å². The number of rotatable bonds is 3. The summed E-state index contributed by atoms with van der Waals surface area (Å²) >= 11 is 3.47. The van der Waals surface area contributed by atoms with Gasteiger partial charge in [0.05, 0.1) is 28.6 Å². The third-order valence-corrected chi connectivity index (χ3v) is 3.28. The van der Waals surface area contributed by atoms with Gasteiger partial charge in [0.15, 0.2) is 6.29 Å². The summed E-state index contributed by atoms with van der Waals surface area (Å²) in [6.07, 6.45) is 2.27. The molecule has 0 saturated carbocycles. The first-order chi connectivity index (χ1) is 7.61. The molecule has 2 rings (SSSR count). The number of hydrogen-bond acceptors (Lipinski definition) is 4. The molecule has 0 fully saturated rings. The van der Waals surface area contributed by atoms with E-state index in [1.54, 1.807) is 15.6 Å². The Bertz CT molecular complexity index is 530. The molecule has 0 saturated heterocycles. The van der Waals surface area contributed by atoms with Crippen molar-refractivity contribution in [2.45, 2.75) is 13.5 Å². The van der Waals surface area contributed by atoms with Crippen LogP contribution in [-0.4, -0.2) is 31.1 Å². The second-order valence-corrected chi connectivity index (χ2v) is 4.22. The molecule has 0 bridgehead atoms. The molecule has 2 heterocycles. The minimum atomic E-state index is 0.329. The molecular formula is C9H10BrN5O. The van der Waals surface area contributed by atoms with E-state index in [1.165, 1.54) is 0 Å². The Hall–Kier alpha value is -1.50. The zero-order chi connectivity index (χ0) is 11.7. The van der Waals surface area contributed by atoms with E-state index in [2.05, 4.69) is 31.3 Å². The van der Waals surface area contributed by atoms with Gasteiger partial charge < -0.3 is 0 Å².